The van der Waals surface area contributed by atoms with Crippen LogP contribution in [0.4, 0.5) is 13.2 Å². The zero-order chi connectivity index (χ0) is 21.2. The molecule has 1 saturated heterocycles. The summed E-state index contributed by atoms with van der Waals surface area (Å²) in [5, 5.41) is 0. The Balaban J connectivity index is 1.65. The van der Waals surface area contributed by atoms with Gasteiger partial charge >= 0.3 is 6.18 Å². The average molecular weight is 419 g/mol. The van der Waals surface area contributed by atoms with E-state index in [-0.39, 0.29) is 17.4 Å². The van der Waals surface area contributed by atoms with Crippen LogP contribution >= 0.6 is 0 Å². The highest BCUT2D eigenvalue weighted by Gasteiger charge is 2.49. The third-order valence-corrected chi connectivity index (χ3v) is 6.43. The van der Waals surface area contributed by atoms with Gasteiger partial charge in [0.2, 0.25) is 5.88 Å². The fourth-order valence-electron chi connectivity index (χ4n) is 5.02. The number of nitrogens with zero attached hydrogens (tertiary/aromatic N) is 1. The standard InChI is InChI=1S/C24H28F3NO2/c1-2-12-29-22-20(13-19(15-28-22)24(25,26)27)18-14-23(30-16-18)11-7-6-10-21(23)17-8-4-3-5-9-17/h3-5,8-9,13,15,18,21H,2,6-7,10-12,14,16H2,1H3/t18-,21-,23+/m0/s1. The van der Waals surface area contributed by atoms with Crippen LogP contribution in [0.15, 0.2) is 42.6 Å². The third-order valence-electron chi connectivity index (χ3n) is 6.43. The van der Waals surface area contributed by atoms with E-state index < -0.39 is 11.7 Å². The van der Waals surface area contributed by atoms with Gasteiger partial charge in [-0.1, -0.05) is 50.1 Å². The second-order valence-corrected chi connectivity index (χ2v) is 8.45. The fourth-order valence-corrected chi connectivity index (χ4v) is 5.02. The van der Waals surface area contributed by atoms with Gasteiger partial charge in [-0.05, 0) is 37.3 Å². The molecule has 2 heterocycles. The molecule has 2 aliphatic rings. The van der Waals surface area contributed by atoms with E-state index in [1.54, 1.807) is 0 Å². The summed E-state index contributed by atoms with van der Waals surface area (Å²) < 4.78 is 52.2. The van der Waals surface area contributed by atoms with Crippen molar-refractivity contribution in [2.24, 2.45) is 0 Å². The number of ether oxygens (including phenoxy) is 2. The van der Waals surface area contributed by atoms with Gasteiger partial charge in [-0.15, -0.1) is 0 Å². The van der Waals surface area contributed by atoms with Crippen LogP contribution in [0, 0.1) is 0 Å². The molecular formula is C24H28F3NO2. The Morgan fingerprint density at radius 3 is 2.73 bits per heavy atom. The minimum Gasteiger partial charge on any atom is -0.477 e. The van der Waals surface area contributed by atoms with E-state index in [0.717, 1.165) is 38.3 Å². The van der Waals surface area contributed by atoms with Crippen molar-refractivity contribution in [3.8, 4) is 5.88 Å². The van der Waals surface area contributed by atoms with Gasteiger partial charge in [0.05, 0.1) is 24.4 Å². The topological polar surface area (TPSA) is 31.4 Å². The molecule has 2 fully saturated rings. The van der Waals surface area contributed by atoms with Crippen molar-refractivity contribution in [1.82, 2.24) is 4.98 Å². The van der Waals surface area contributed by atoms with E-state index in [1.807, 2.05) is 25.1 Å². The first kappa shape index (κ1) is 21.2. The molecule has 1 aliphatic heterocycles. The monoisotopic (exact) mass is 419 g/mol. The van der Waals surface area contributed by atoms with Crippen LogP contribution in [-0.2, 0) is 10.9 Å². The lowest BCUT2D eigenvalue weighted by atomic mass is 9.69. The molecule has 3 nitrogen and oxygen atoms in total. The largest absolute Gasteiger partial charge is 0.477 e. The van der Waals surface area contributed by atoms with E-state index in [0.29, 0.717) is 31.1 Å². The zero-order valence-corrected chi connectivity index (χ0v) is 17.3. The molecule has 30 heavy (non-hydrogen) atoms. The van der Waals surface area contributed by atoms with Crippen molar-refractivity contribution in [1.29, 1.82) is 0 Å². The molecule has 6 heteroatoms. The lowest BCUT2D eigenvalue weighted by molar-refractivity contribution is -0.137. The lowest BCUT2D eigenvalue weighted by Gasteiger charge is -2.41. The first-order valence-electron chi connectivity index (χ1n) is 10.8. The van der Waals surface area contributed by atoms with Gasteiger partial charge in [-0.3, -0.25) is 0 Å². The minimum absolute atomic E-state index is 0.157. The Bertz CT molecular complexity index is 855. The Hall–Kier alpha value is -2.08. The number of halogens is 3. The normalized spacial score (nSPS) is 26.8. The van der Waals surface area contributed by atoms with Gasteiger partial charge < -0.3 is 9.47 Å². The smallest absolute Gasteiger partial charge is 0.417 e. The molecule has 0 amide bonds. The van der Waals surface area contributed by atoms with Gasteiger partial charge in [0.15, 0.2) is 0 Å². The van der Waals surface area contributed by atoms with Crippen LogP contribution in [0.2, 0.25) is 0 Å². The highest BCUT2D eigenvalue weighted by Crippen LogP contribution is 2.53. The van der Waals surface area contributed by atoms with Crippen LogP contribution in [0.25, 0.3) is 0 Å². The lowest BCUT2D eigenvalue weighted by Crippen LogP contribution is -2.38. The fraction of sp³-hybridized carbons (Fsp3) is 0.542. The summed E-state index contributed by atoms with van der Waals surface area (Å²) in [6.45, 7) is 2.79. The summed E-state index contributed by atoms with van der Waals surface area (Å²) in [5.74, 6) is 0.412. The molecule has 3 atom stereocenters. The summed E-state index contributed by atoms with van der Waals surface area (Å²) in [5.41, 5.74) is 0.709. The molecule has 4 rings (SSSR count). The van der Waals surface area contributed by atoms with Crippen molar-refractivity contribution in [3.05, 3.63) is 59.3 Å². The molecule has 162 valence electrons. The van der Waals surface area contributed by atoms with E-state index in [1.165, 1.54) is 11.6 Å². The number of hydrogen-bond acceptors (Lipinski definition) is 3. The van der Waals surface area contributed by atoms with Gasteiger partial charge in [-0.25, -0.2) is 4.98 Å². The van der Waals surface area contributed by atoms with Gasteiger partial charge in [-0.2, -0.15) is 13.2 Å². The van der Waals surface area contributed by atoms with Crippen LogP contribution < -0.4 is 4.74 Å². The van der Waals surface area contributed by atoms with Crippen molar-refractivity contribution in [2.45, 2.75) is 69.1 Å². The van der Waals surface area contributed by atoms with E-state index in [4.69, 9.17) is 9.47 Å². The van der Waals surface area contributed by atoms with Crippen LogP contribution in [0.5, 0.6) is 5.88 Å². The number of hydrogen-bond donors (Lipinski definition) is 0. The molecule has 0 unspecified atom stereocenters. The number of pyridine rings is 1. The number of alkyl halides is 3. The van der Waals surface area contributed by atoms with Crippen molar-refractivity contribution < 1.29 is 22.6 Å². The summed E-state index contributed by atoms with van der Waals surface area (Å²) in [4.78, 5) is 4.04. The average Bonchev–Trinajstić information content (AvgIpc) is 3.16. The molecular weight excluding hydrogens is 391 g/mol. The number of benzene rings is 1. The van der Waals surface area contributed by atoms with Crippen LogP contribution in [0.1, 0.15) is 74.0 Å². The van der Waals surface area contributed by atoms with Crippen LogP contribution in [0.3, 0.4) is 0 Å². The first-order chi connectivity index (χ1) is 14.4. The summed E-state index contributed by atoms with van der Waals surface area (Å²) >= 11 is 0. The van der Waals surface area contributed by atoms with Crippen molar-refractivity contribution in [2.75, 3.05) is 13.2 Å². The Labute approximate surface area is 175 Å². The maximum absolute atomic E-state index is 13.4. The highest BCUT2D eigenvalue weighted by molar-refractivity contribution is 5.36. The second kappa shape index (κ2) is 8.58. The first-order valence-corrected chi connectivity index (χ1v) is 10.8. The van der Waals surface area contributed by atoms with Gasteiger partial charge in [0, 0.05) is 23.6 Å². The predicted octanol–water partition coefficient (Wildman–Crippen LogP) is 6.49. The highest BCUT2D eigenvalue weighted by atomic mass is 19.4. The van der Waals surface area contributed by atoms with Crippen LogP contribution in [-0.4, -0.2) is 23.8 Å². The SMILES string of the molecule is CCCOc1ncc(C(F)(F)F)cc1[C@@H]1CO[C@]2(CCCC[C@H]2c2ccccc2)C1. The predicted molar refractivity (Wildman–Crippen MR) is 109 cm³/mol. The maximum atomic E-state index is 13.4. The Morgan fingerprint density at radius 2 is 2.00 bits per heavy atom. The molecule has 0 bridgehead atoms. The molecule has 2 aromatic rings. The van der Waals surface area contributed by atoms with E-state index >= 15 is 0 Å². The number of aromatic nitrogens is 1. The Kier molecular flexibility index (Phi) is 6.05. The summed E-state index contributed by atoms with van der Waals surface area (Å²) in [6, 6.07) is 11.6. The second-order valence-electron chi connectivity index (χ2n) is 8.45. The number of rotatable bonds is 5. The van der Waals surface area contributed by atoms with E-state index in [2.05, 4.69) is 17.1 Å². The van der Waals surface area contributed by atoms with Gasteiger partial charge in [0.1, 0.15) is 0 Å². The zero-order valence-electron chi connectivity index (χ0n) is 17.3. The van der Waals surface area contributed by atoms with Crippen molar-refractivity contribution in [3.63, 3.8) is 0 Å². The molecule has 0 radical (unpaired) electrons. The summed E-state index contributed by atoms with van der Waals surface area (Å²) in [6.07, 6.45) is 2.09. The molecule has 1 aromatic heterocycles. The van der Waals surface area contributed by atoms with Gasteiger partial charge in [0.25, 0.3) is 0 Å². The molecule has 1 aromatic carbocycles. The quantitative estimate of drug-likeness (QED) is 0.555. The molecule has 1 aliphatic carbocycles. The summed E-state index contributed by atoms with van der Waals surface area (Å²) in [7, 11) is 0. The minimum atomic E-state index is -4.43. The molecule has 0 N–H and O–H groups in total. The third kappa shape index (κ3) is 4.20. The maximum Gasteiger partial charge on any atom is 0.417 e. The molecule has 1 saturated carbocycles. The van der Waals surface area contributed by atoms with Crippen molar-refractivity contribution >= 4 is 0 Å². The Morgan fingerprint density at radius 1 is 1.20 bits per heavy atom. The molecule has 1 spiro atoms. The van der Waals surface area contributed by atoms with E-state index in [9.17, 15) is 13.2 Å².